The maximum absolute atomic E-state index is 12.3. The topological polar surface area (TPSA) is 78.6 Å². The van der Waals surface area contributed by atoms with Gasteiger partial charge < -0.3 is 15.2 Å². The average molecular weight is 333 g/mol. The Bertz CT molecular complexity index is 323. The molecule has 2 N–H and O–H groups in total. The third-order valence-electron chi connectivity index (χ3n) is 3.12. The second kappa shape index (κ2) is 12.9. The van der Waals surface area contributed by atoms with Gasteiger partial charge in [-0.05, 0) is 52.0 Å². The molecule has 0 aliphatic heterocycles. The first kappa shape index (κ1) is 21.4. The second-order valence-corrected chi connectivity index (χ2v) is 6.51. The van der Waals surface area contributed by atoms with Crippen LogP contribution in [0, 0.1) is 0 Å². The highest BCUT2D eigenvalue weighted by Crippen LogP contribution is 2.13. The zero-order valence-corrected chi connectivity index (χ0v) is 15.1. The minimum atomic E-state index is -0.580. The number of hydrogen-bond donors (Lipinski definition) is 1. The highest BCUT2D eigenvalue weighted by atomic mass is 32.2. The van der Waals surface area contributed by atoms with Gasteiger partial charge >= 0.3 is 5.97 Å². The van der Waals surface area contributed by atoms with Crippen molar-refractivity contribution >= 4 is 23.5 Å². The number of hydrogen-bond acceptors (Lipinski definition) is 6. The van der Waals surface area contributed by atoms with Crippen LogP contribution >= 0.6 is 11.8 Å². The van der Waals surface area contributed by atoms with E-state index in [1.54, 1.807) is 18.7 Å². The van der Waals surface area contributed by atoms with Gasteiger partial charge in [-0.3, -0.25) is 9.59 Å². The quantitative estimate of drug-likeness (QED) is 0.412. The van der Waals surface area contributed by atoms with E-state index >= 15 is 0 Å². The number of carbonyl (C=O) groups is 2. The maximum atomic E-state index is 12.3. The normalized spacial score (nSPS) is 13.9. The van der Waals surface area contributed by atoms with E-state index in [1.165, 1.54) is 0 Å². The van der Waals surface area contributed by atoms with E-state index in [2.05, 4.69) is 0 Å². The SMILES string of the molecule is CCOC(=O)CCCC(=O)C(OC(C)C)C(N)CCCSC. The first-order chi connectivity index (χ1) is 10.4. The third-order valence-corrected chi connectivity index (χ3v) is 3.82. The summed E-state index contributed by atoms with van der Waals surface area (Å²) in [5.41, 5.74) is 6.14. The second-order valence-electron chi connectivity index (χ2n) is 5.53. The minimum absolute atomic E-state index is 0.0188. The van der Waals surface area contributed by atoms with Crippen molar-refractivity contribution in [3.8, 4) is 0 Å². The zero-order chi connectivity index (χ0) is 17.0. The van der Waals surface area contributed by atoms with Crippen LogP contribution in [0.2, 0.25) is 0 Å². The summed E-state index contributed by atoms with van der Waals surface area (Å²) in [5.74, 6) is 0.745. The Labute approximate surface area is 138 Å². The highest BCUT2D eigenvalue weighted by molar-refractivity contribution is 7.98. The number of thioether (sulfide) groups is 1. The molecular formula is C16H31NO4S. The monoisotopic (exact) mass is 333 g/mol. The predicted molar refractivity (Wildman–Crippen MR) is 91.1 cm³/mol. The van der Waals surface area contributed by atoms with Crippen LogP contribution < -0.4 is 5.73 Å². The number of Topliss-reactive ketones (excluding diaryl/α,β-unsaturated/α-hetero) is 1. The standard InChI is InChI=1S/C16H31NO4S/c1-5-20-15(19)10-6-9-14(18)16(21-12(2)3)13(17)8-7-11-22-4/h12-13,16H,5-11,17H2,1-4H3. The van der Waals surface area contributed by atoms with E-state index in [4.69, 9.17) is 15.2 Å². The molecule has 5 nitrogen and oxygen atoms in total. The molecule has 0 aromatic carbocycles. The van der Waals surface area contributed by atoms with Crippen LogP contribution in [0.3, 0.4) is 0 Å². The van der Waals surface area contributed by atoms with Gasteiger partial charge in [0.05, 0.1) is 12.7 Å². The van der Waals surface area contributed by atoms with Crippen molar-refractivity contribution in [1.29, 1.82) is 0 Å². The van der Waals surface area contributed by atoms with Crippen LogP contribution in [0.15, 0.2) is 0 Å². The molecule has 0 bridgehead atoms. The van der Waals surface area contributed by atoms with Crippen molar-refractivity contribution in [2.24, 2.45) is 5.73 Å². The van der Waals surface area contributed by atoms with Crippen LogP contribution in [-0.4, -0.2) is 48.6 Å². The molecule has 2 unspecified atom stereocenters. The Morgan fingerprint density at radius 1 is 1.18 bits per heavy atom. The number of rotatable bonds is 13. The lowest BCUT2D eigenvalue weighted by molar-refractivity contribution is -0.143. The maximum Gasteiger partial charge on any atom is 0.305 e. The van der Waals surface area contributed by atoms with Gasteiger partial charge in [0, 0.05) is 18.9 Å². The molecule has 0 fully saturated rings. The van der Waals surface area contributed by atoms with E-state index in [1.807, 2.05) is 20.1 Å². The molecular weight excluding hydrogens is 302 g/mol. The number of ketones is 1. The van der Waals surface area contributed by atoms with Crippen molar-refractivity contribution in [2.45, 2.75) is 71.1 Å². The third kappa shape index (κ3) is 10.2. The van der Waals surface area contributed by atoms with Gasteiger partial charge in [0.1, 0.15) is 6.10 Å². The zero-order valence-electron chi connectivity index (χ0n) is 14.3. The summed E-state index contributed by atoms with van der Waals surface area (Å²) in [6, 6.07) is -0.287. The van der Waals surface area contributed by atoms with Crippen LogP contribution in [0.25, 0.3) is 0 Å². The van der Waals surface area contributed by atoms with Gasteiger partial charge in [0.2, 0.25) is 0 Å². The number of ether oxygens (including phenoxy) is 2. The summed E-state index contributed by atoms with van der Waals surface area (Å²) >= 11 is 1.77. The first-order valence-corrected chi connectivity index (χ1v) is 9.40. The lowest BCUT2D eigenvalue weighted by atomic mass is 9.99. The van der Waals surface area contributed by atoms with E-state index in [0.29, 0.717) is 19.4 Å². The Balaban J connectivity index is 4.34. The molecule has 0 rings (SSSR count). The molecule has 0 amide bonds. The molecule has 0 radical (unpaired) electrons. The molecule has 0 saturated carbocycles. The van der Waals surface area contributed by atoms with Gasteiger partial charge in [0.25, 0.3) is 0 Å². The highest BCUT2D eigenvalue weighted by Gasteiger charge is 2.26. The Hall–Kier alpha value is -0.590. The summed E-state index contributed by atoms with van der Waals surface area (Å²) in [5, 5.41) is 0. The molecule has 6 heteroatoms. The van der Waals surface area contributed by atoms with Gasteiger partial charge in [0.15, 0.2) is 5.78 Å². The van der Waals surface area contributed by atoms with Crippen LogP contribution in [0.1, 0.15) is 52.9 Å². The molecule has 0 aliphatic rings. The van der Waals surface area contributed by atoms with Gasteiger partial charge in [-0.15, -0.1) is 0 Å². The number of carbonyl (C=O) groups excluding carboxylic acids is 2. The Morgan fingerprint density at radius 3 is 2.41 bits per heavy atom. The van der Waals surface area contributed by atoms with Gasteiger partial charge in [-0.25, -0.2) is 0 Å². The van der Waals surface area contributed by atoms with E-state index in [-0.39, 0.29) is 30.3 Å². The predicted octanol–water partition coefficient (Wildman–Crippen LogP) is 2.55. The lowest BCUT2D eigenvalue weighted by Crippen LogP contribution is -2.44. The fraction of sp³-hybridized carbons (Fsp3) is 0.875. The molecule has 0 aliphatic carbocycles. The number of nitrogens with two attached hydrogens (primary N) is 1. The molecule has 0 heterocycles. The van der Waals surface area contributed by atoms with Crippen LogP contribution in [0.4, 0.5) is 0 Å². The first-order valence-electron chi connectivity index (χ1n) is 8.00. The summed E-state index contributed by atoms with van der Waals surface area (Å²) in [6.07, 6.45) is 4.19. The van der Waals surface area contributed by atoms with Gasteiger partial charge in [-0.2, -0.15) is 11.8 Å². The van der Waals surface area contributed by atoms with Crippen LogP contribution in [0.5, 0.6) is 0 Å². The molecule has 0 aromatic rings. The van der Waals surface area contributed by atoms with Crippen molar-refractivity contribution < 1.29 is 19.1 Å². The lowest BCUT2D eigenvalue weighted by Gasteiger charge is -2.25. The molecule has 0 aromatic heterocycles. The fourth-order valence-corrected chi connectivity index (χ4v) is 2.56. The molecule has 130 valence electrons. The molecule has 0 spiro atoms. The minimum Gasteiger partial charge on any atom is -0.466 e. The Morgan fingerprint density at radius 2 is 1.86 bits per heavy atom. The van der Waals surface area contributed by atoms with Gasteiger partial charge in [-0.1, -0.05) is 0 Å². The summed E-state index contributed by atoms with van der Waals surface area (Å²) in [7, 11) is 0. The van der Waals surface area contributed by atoms with Crippen molar-refractivity contribution in [3.63, 3.8) is 0 Å². The fourth-order valence-electron chi connectivity index (χ4n) is 2.11. The molecule has 22 heavy (non-hydrogen) atoms. The van der Waals surface area contributed by atoms with E-state index in [9.17, 15) is 9.59 Å². The van der Waals surface area contributed by atoms with Crippen molar-refractivity contribution in [2.75, 3.05) is 18.6 Å². The largest absolute Gasteiger partial charge is 0.466 e. The smallest absolute Gasteiger partial charge is 0.305 e. The van der Waals surface area contributed by atoms with Crippen molar-refractivity contribution in [1.82, 2.24) is 0 Å². The van der Waals surface area contributed by atoms with Crippen molar-refractivity contribution in [3.05, 3.63) is 0 Å². The number of esters is 1. The average Bonchev–Trinajstić information content (AvgIpc) is 2.44. The van der Waals surface area contributed by atoms with Crippen LogP contribution in [-0.2, 0) is 19.1 Å². The van der Waals surface area contributed by atoms with E-state index in [0.717, 1.165) is 18.6 Å². The summed E-state index contributed by atoms with van der Waals surface area (Å²) in [6.45, 7) is 5.93. The molecule has 2 atom stereocenters. The summed E-state index contributed by atoms with van der Waals surface area (Å²) in [4.78, 5) is 23.6. The summed E-state index contributed by atoms with van der Waals surface area (Å²) < 4.78 is 10.6. The van der Waals surface area contributed by atoms with E-state index < -0.39 is 6.10 Å². The molecule has 0 saturated heterocycles. The Kier molecular flexibility index (Phi) is 12.6.